The van der Waals surface area contributed by atoms with Gasteiger partial charge in [0.15, 0.2) is 0 Å². The van der Waals surface area contributed by atoms with E-state index in [4.69, 9.17) is 9.47 Å². The monoisotopic (exact) mass is 311 g/mol. The maximum Gasteiger partial charge on any atom is 0.339 e. The lowest BCUT2D eigenvalue weighted by atomic mass is 9.96. The Bertz CT molecular complexity index is 924. The highest BCUT2D eigenvalue weighted by Crippen LogP contribution is 2.34. The van der Waals surface area contributed by atoms with E-state index in [9.17, 15) is 9.59 Å². The van der Waals surface area contributed by atoms with Gasteiger partial charge in [-0.15, -0.1) is 0 Å². The topological polar surface area (TPSA) is 68.4 Å². The van der Waals surface area contributed by atoms with Crippen LogP contribution >= 0.6 is 0 Å². The van der Waals surface area contributed by atoms with Gasteiger partial charge in [0.25, 0.3) is 0 Å². The van der Waals surface area contributed by atoms with Gasteiger partial charge in [0.1, 0.15) is 0 Å². The summed E-state index contributed by atoms with van der Waals surface area (Å²) >= 11 is 0. The highest BCUT2D eigenvalue weighted by atomic mass is 16.5. The number of ether oxygens (including phenoxy) is 2. The molecular weight excluding hydrogens is 294 g/mol. The number of H-pyrrole nitrogens is 1. The number of rotatable bonds is 3. The first-order valence-electron chi connectivity index (χ1n) is 7.35. The molecule has 1 heterocycles. The van der Waals surface area contributed by atoms with Gasteiger partial charge >= 0.3 is 11.9 Å². The standard InChI is InChI=1S/C18H17NO4/c1-4-10-9-12(17(20)22-2)15(18(21)23-3)14-11-7-5-6-8-13(11)19-16(10)14/h5-9,19H,4H2,1-3H3. The van der Waals surface area contributed by atoms with Crippen LogP contribution in [0, 0.1) is 0 Å². The number of fused-ring (bicyclic) bond motifs is 3. The van der Waals surface area contributed by atoms with E-state index in [1.165, 1.54) is 14.2 Å². The van der Waals surface area contributed by atoms with Crippen molar-refractivity contribution in [1.29, 1.82) is 0 Å². The van der Waals surface area contributed by atoms with E-state index in [0.29, 0.717) is 5.39 Å². The molecule has 3 aromatic rings. The number of aromatic amines is 1. The lowest BCUT2D eigenvalue weighted by molar-refractivity contribution is 0.0557. The van der Waals surface area contributed by atoms with Crippen molar-refractivity contribution in [2.75, 3.05) is 14.2 Å². The van der Waals surface area contributed by atoms with Crippen LogP contribution < -0.4 is 0 Å². The van der Waals surface area contributed by atoms with Gasteiger partial charge in [0, 0.05) is 16.3 Å². The average Bonchev–Trinajstić information content (AvgIpc) is 2.98. The first kappa shape index (κ1) is 15.1. The van der Waals surface area contributed by atoms with Crippen LogP contribution in [0.5, 0.6) is 0 Å². The molecule has 0 spiro atoms. The second-order valence-electron chi connectivity index (χ2n) is 5.22. The molecule has 0 atom stereocenters. The minimum atomic E-state index is -0.553. The predicted octanol–water partition coefficient (Wildman–Crippen LogP) is 3.46. The molecule has 0 aliphatic carbocycles. The summed E-state index contributed by atoms with van der Waals surface area (Å²) in [5, 5.41) is 1.58. The number of benzene rings is 2. The average molecular weight is 311 g/mol. The highest BCUT2D eigenvalue weighted by molar-refractivity contribution is 6.21. The van der Waals surface area contributed by atoms with Crippen molar-refractivity contribution >= 4 is 33.7 Å². The second-order valence-corrected chi connectivity index (χ2v) is 5.22. The van der Waals surface area contributed by atoms with Gasteiger partial charge in [-0.25, -0.2) is 9.59 Å². The fourth-order valence-electron chi connectivity index (χ4n) is 2.96. The molecule has 0 unspecified atom stereocenters. The fraction of sp³-hybridized carbons (Fsp3) is 0.222. The molecule has 5 heteroatoms. The first-order chi connectivity index (χ1) is 11.1. The van der Waals surface area contributed by atoms with Gasteiger partial charge in [-0.05, 0) is 24.1 Å². The van der Waals surface area contributed by atoms with E-state index in [1.54, 1.807) is 6.07 Å². The van der Waals surface area contributed by atoms with Crippen molar-refractivity contribution in [2.24, 2.45) is 0 Å². The number of carbonyl (C=O) groups is 2. The summed E-state index contributed by atoms with van der Waals surface area (Å²) < 4.78 is 9.76. The zero-order valence-electron chi connectivity index (χ0n) is 13.2. The van der Waals surface area contributed by atoms with Crippen LogP contribution in [-0.4, -0.2) is 31.1 Å². The van der Waals surface area contributed by atoms with E-state index >= 15 is 0 Å². The minimum Gasteiger partial charge on any atom is -0.465 e. The largest absolute Gasteiger partial charge is 0.465 e. The Morgan fingerprint density at radius 3 is 2.43 bits per heavy atom. The van der Waals surface area contributed by atoms with E-state index in [-0.39, 0.29) is 11.1 Å². The van der Waals surface area contributed by atoms with Crippen molar-refractivity contribution in [3.8, 4) is 0 Å². The Labute approximate surface area is 133 Å². The van der Waals surface area contributed by atoms with Crippen LogP contribution in [0.2, 0.25) is 0 Å². The molecule has 0 amide bonds. The molecule has 0 bridgehead atoms. The number of methoxy groups -OCH3 is 2. The number of hydrogen-bond donors (Lipinski definition) is 1. The number of aromatic nitrogens is 1. The van der Waals surface area contributed by atoms with Crippen LogP contribution in [0.25, 0.3) is 21.8 Å². The molecule has 3 rings (SSSR count). The van der Waals surface area contributed by atoms with Crippen molar-refractivity contribution in [1.82, 2.24) is 4.98 Å². The van der Waals surface area contributed by atoms with Crippen molar-refractivity contribution in [3.05, 3.63) is 47.0 Å². The molecular formula is C18H17NO4. The van der Waals surface area contributed by atoms with E-state index < -0.39 is 11.9 Å². The maximum absolute atomic E-state index is 12.4. The second kappa shape index (κ2) is 5.76. The number of nitrogens with one attached hydrogen (secondary N) is 1. The lowest BCUT2D eigenvalue weighted by Gasteiger charge is -2.11. The SMILES string of the molecule is CCc1cc(C(=O)OC)c(C(=O)OC)c2c1[nH]c1ccccc12. The summed E-state index contributed by atoms with van der Waals surface area (Å²) in [5.74, 6) is -1.10. The number of para-hydroxylation sites is 1. The van der Waals surface area contributed by atoms with Gasteiger partial charge in [-0.2, -0.15) is 0 Å². The quantitative estimate of drug-likeness (QED) is 0.752. The molecule has 0 aliphatic heterocycles. The van der Waals surface area contributed by atoms with Crippen LogP contribution in [0.3, 0.4) is 0 Å². The van der Waals surface area contributed by atoms with Gasteiger partial charge in [0.2, 0.25) is 0 Å². The van der Waals surface area contributed by atoms with Crippen LogP contribution in [0.15, 0.2) is 30.3 Å². The summed E-state index contributed by atoms with van der Waals surface area (Å²) in [7, 11) is 2.60. The predicted molar refractivity (Wildman–Crippen MR) is 87.9 cm³/mol. The van der Waals surface area contributed by atoms with Crippen LogP contribution in [0.1, 0.15) is 33.2 Å². The van der Waals surface area contributed by atoms with Gasteiger partial charge < -0.3 is 14.5 Å². The van der Waals surface area contributed by atoms with E-state index in [2.05, 4.69) is 4.98 Å². The van der Waals surface area contributed by atoms with Gasteiger partial charge in [-0.3, -0.25) is 0 Å². The minimum absolute atomic E-state index is 0.230. The Morgan fingerprint density at radius 2 is 1.78 bits per heavy atom. The van der Waals surface area contributed by atoms with E-state index in [0.717, 1.165) is 28.4 Å². The fourth-order valence-corrected chi connectivity index (χ4v) is 2.96. The van der Waals surface area contributed by atoms with Crippen LogP contribution in [-0.2, 0) is 15.9 Å². The Kier molecular flexibility index (Phi) is 3.78. The molecule has 23 heavy (non-hydrogen) atoms. The third kappa shape index (κ3) is 2.25. The summed E-state index contributed by atoms with van der Waals surface area (Å²) in [6, 6.07) is 9.38. The summed E-state index contributed by atoms with van der Waals surface area (Å²) in [5.41, 5.74) is 3.17. The zero-order chi connectivity index (χ0) is 16.6. The smallest absolute Gasteiger partial charge is 0.339 e. The Morgan fingerprint density at radius 1 is 1.09 bits per heavy atom. The summed E-state index contributed by atoms with van der Waals surface area (Å²) in [4.78, 5) is 27.9. The molecule has 0 saturated heterocycles. The summed E-state index contributed by atoms with van der Waals surface area (Å²) in [6.07, 6.45) is 0.717. The maximum atomic E-state index is 12.4. The molecule has 0 aliphatic rings. The number of aryl methyl sites for hydroxylation is 1. The molecule has 1 N–H and O–H groups in total. The molecule has 5 nitrogen and oxygen atoms in total. The summed E-state index contributed by atoms with van der Waals surface area (Å²) in [6.45, 7) is 2.00. The first-order valence-corrected chi connectivity index (χ1v) is 7.35. The zero-order valence-corrected chi connectivity index (χ0v) is 13.2. The Balaban J connectivity index is 2.55. The molecule has 118 valence electrons. The molecule has 2 aromatic carbocycles. The normalized spacial score (nSPS) is 10.9. The highest BCUT2D eigenvalue weighted by Gasteiger charge is 2.25. The van der Waals surface area contributed by atoms with Gasteiger partial charge in [-0.1, -0.05) is 25.1 Å². The van der Waals surface area contributed by atoms with E-state index in [1.807, 2.05) is 31.2 Å². The molecule has 1 aromatic heterocycles. The van der Waals surface area contributed by atoms with Crippen LogP contribution in [0.4, 0.5) is 0 Å². The van der Waals surface area contributed by atoms with Gasteiger partial charge in [0.05, 0.1) is 30.9 Å². The van der Waals surface area contributed by atoms with Crippen molar-refractivity contribution in [2.45, 2.75) is 13.3 Å². The molecule has 0 fully saturated rings. The molecule has 0 saturated carbocycles. The lowest BCUT2D eigenvalue weighted by Crippen LogP contribution is -2.13. The Hall–Kier alpha value is -2.82. The van der Waals surface area contributed by atoms with Crippen molar-refractivity contribution < 1.29 is 19.1 Å². The third-order valence-electron chi connectivity index (χ3n) is 4.04. The van der Waals surface area contributed by atoms with Crippen molar-refractivity contribution in [3.63, 3.8) is 0 Å². The number of hydrogen-bond acceptors (Lipinski definition) is 4. The third-order valence-corrected chi connectivity index (χ3v) is 4.04. The number of carbonyl (C=O) groups excluding carboxylic acids is 2. The molecule has 0 radical (unpaired) electrons. The number of esters is 2.